The van der Waals surface area contributed by atoms with Crippen molar-refractivity contribution in [1.82, 2.24) is 15.0 Å². The number of hydrogen-bond acceptors (Lipinski definition) is 4. The largest absolute Gasteiger partial charge is 0.369 e. The lowest BCUT2D eigenvalue weighted by atomic mass is 10.1. The highest BCUT2D eigenvalue weighted by Gasteiger charge is 2.08. The molecule has 27 heavy (non-hydrogen) atoms. The number of fused-ring (bicyclic) bond motifs is 1. The Bertz CT molecular complexity index is 1090. The number of H-pyrrole nitrogens is 1. The van der Waals surface area contributed by atoms with E-state index in [0.717, 1.165) is 22.4 Å². The average Bonchev–Trinajstić information content (AvgIpc) is 3.11. The van der Waals surface area contributed by atoms with Crippen molar-refractivity contribution in [3.05, 3.63) is 77.9 Å². The maximum Gasteiger partial charge on any atom is 0.144 e. The minimum atomic E-state index is -0.295. The van der Waals surface area contributed by atoms with Crippen molar-refractivity contribution in [3.63, 3.8) is 0 Å². The molecule has 6 heteroatoms. The first-order chi connectivity index (χ1) is 13.2. The van der Waals surface area contributed by atoms with E-state index in [9.17, 15) is 9.65 Å². The fourth-order valence-corrected chi connectivity index (χ4v) is 2.89. The highest BCUT2D eigenvalue weighted by Crippen LogP contribution is 2.22. The second-order valence-electron chi connectivity index (χ2n) is 6.09. The van der Waals surface area contributed by atoms with Gasteiger partial charge in [0.1, 0.15) is 23.5 Å². The molecular weight excluding hydrogens is 341 g/mol. The van der Waals surface area contributed by atoms with E-state index in [1.54, 1.807) is 24.3 Å². The van der Waals surface area contributed by atoms with Gasteiger partial charge < -0.3 is 10.3 Å². The number of aromatic nitrogens is 3. The van der Waals surface area contributed by atoms with Crippen LogP contribution in [0.2, 0.25) is 0 Å². The topological polar surface area (TPSA) is 77.4 Å². The Balaban J connectivity index is 1.51. The van der Waals surface area contributed by atoms with E-state index in [2.05, 4.69) is 26.3 Å². The van der Waals surface area contributed by atoms with Crippen LogP contribution in [0.15, 0.2) is 60.7 Å². The summed E-state index contributed by atoms with van der Waals surface area (Å²) in [5.74, 6) is 1.09. The van der Waals surface area contributed by atoms with E-state index in [0.29, 0.717) is 30.0 Å². The molecule has 2 heterocycles. The molecule has 5 nitrogen and oxygen atoms in total. The third-order valence-electron chi connectivity index (χ3n) is 4.25. The smallest absolute Gasteiger partial charge is 0.144 e. The summed E-state index contributed by atoms with van der Waals surface area (Å²) in [6.07, 6.45) is 0.669. The van der Waals surface area contributed by atoms with Crippen LogP contribution in [0.1, 0.15) is 11.4 Å². The number of nitriles is 1. The molecule has 0 atom stereocenters. The lowest BCUT2D eigenvalue weighted by molar-refractivity contribution is 0.628. The molecule has 0 bridgehead atoms. The third kappa shape index (κ3) is 3.62. The van der Waals surface area contributed by atoms with Gasteiger partial charge in [0, 0.05) is 18.5 Å². The molecule has 0 spiro atoms. The zero-order chi connectivity index (χ0) is 18.6. The molecule has 2 aromatic carbocycles. The SMILES string of the molecule is N#Cc1ccc(-c2ccc(F)cc2)nc1NCCc1nc2ccccc2[nH]1. The van der Waals surface area contributed by atoms with Gasteiger partial charge in [0.2, 0.25) is 0 Å². The highest BCUT2D eigenvalue weighted by atomic mass is 19.1. The van der Waals surface area contributed by atoms with Crippen LogP contribution in [0, 0.1) is 17.1 Å². The third-order valence-corrected chi connectivity index (χ3v) is 4.25. The Labute approximate surface area is 155 Å². The van der Waals surface area contributed by atoms with E-state index in [1.807, 2.05) is 24.3 Å². The highest BCUT2D eigenvalue weighted by molar-refractivity contribution is 5.74. The number of imidazole rings is 1. The molecular formula is C21H16FN5. The molecule has 0 unspecified atom stereocenters. The van der Waals surface area contributed by atoms with Crippen molar-refractivity contribution in [1.29, 1.82) is 5.26 Å². The van der Waals surface area contributed by atoms with Gasteiger partial charge in [-0.3, -0.25) is 0 Å². The summed E-state index contributed by atoms with van der Waals surface area (Å²) >= 11 is 0. The first-order valence-corrected chi connectivity index (χ1v) is 8.57. The molecule has 2 N–H and O–H groups in total. The fourth-order valence-electron chi connectivity index (χ4n) is 2.89. The molecule has 0 saturated carbocycles. The summed E-state index contributed by atoms with van der Waals surface area (Å²) in [5.41, 5.74) is 3.87. The summed E-state index contributed by atoms with van der Waals surface area (Å²) in [4.78, 5) is 12.4. The lowest BCUT2D eigenvalue weighted by Gasteiger charge is -2.09. The molecule has 0 fully saturated rings. The first-order valence-electron chi connectivity index (χ1n) is 8.57. The van der Waals surface area contributed by atoms with Crippen LogP contribution in [-0.4, -0.2) is 21.5 Å². The minimum absolute atomic E-state index is 0.295. The summed E-state index contributed by atoms with van der Waals surface area (Å²) in [7, 11) is 0. The van der Waals surface area contributed by atoms with Gasteiger partial charge in [-0.1, -0.05) is 12.1 Å². The van der Waals surface area contributed by atoms with E-state index in [4.69, 9.17) is 0 Å². The number of rotatable bonds is 5. The number of benzene rings is 2. The molecule has 0 saturated heterocycles. The van der Waals surface area contributed by atoms with Gasteiger partial charge in [-0.25, -0.2) is 14.4 Å². The standard InChI is InChI=1S/C21H16FN5/c22-16-8-5-14(6-9-16)17-10-7-15(13-23)21(27-17)24-12-11-20-25-18-3-1-2-4-19(18)26-20/h1-10H,11-12H2,(H,24,27)(H,25,26). The number of halogens is 1. The quantitative estimate of drug-likeness (QED) is 0.558. The van der Waals surface area contributed by atoms with Crippen LogP contribution in [0.4, 0.5) is 10.2 Å². The minimum Gasteiger partial charge on any atom is -0.369 e. The molecule has 4 rings (SSSR count). The van der Waals surface area contributed by atoms with Crippen LogP contribution < -0.4 is 5.32 Å². The van der Waals surface area contributed by atoms with Gasteiger partial charge in [0.15, 0.2) is 0 Å². The van der Waals surface area contributed by atoms with Crippen molar-refractivity contribution in [2.75, 3.05) is 11.9 Å². The van der Waals surface area contributed by atoms with E-state index >= 15 is 0 Å². The second kappa shape index (κ2) is 7.26. The fraction of sp³-hybridized carbons (Fsp3) is 0.0952. The Hall–Kier alpha value is -3.72. The van der Waals surface area contributed by atoms with Crippen molar-refractivity contribution >= 4 is 16.9 Å². The van der Waals surface area contributed by atoms with Crippen LogP contribution in [0.3, 0.4) is 0 Å². The molecule has 0 radical (unpaired) electrons. The summed E-state index contributed by atoms with van der Waals surface area (Å²) < 4.78 is 13.1. The molecule has 2 aromatic heterocycles. The van der Waals surface area contributed by atoms with E-state index in [1.165, 1.54) is 12.1 Å². The average molecular weight is 357 g/mol. The van der Waals surface area contributed by atoms with Crippen molar-refractivity contribution in [3.8, 4) is 17.3 Å². The van der Waals surface area contributed by atoms with Crippen molar-refractivity contribution in [2.45, 2.75) is 6.42 Å². The van der Waals surface area contributed by atoms with Crippen LogP contribution in [-0.2, 0) is 6.42 Å². The number of nitrogens with one attached hydrogen (secondary N) is 2. The number of hydrogen-bond donors (Lipinski definition) is 2. The summed E-state index contributed by atoms with van der Waals surface area (Å²) in [6.45, 7) is 0.578. The van der Waals surface area contributed by atoms with Crippen molar-refractivity contribution < 1.29 is 4.39 Å². The van der Waals surface area contributed by atoms with Gasteiger partial charge in [-0.05, 0) is 48.5 Å². The van der Waals surface area contributed by atoms with E-state index in [-0.39, 0.29) is 5.82 Å². The Morgan fingerprint density at radius 3 is 2.59 bits per heavy atom. The maximum atomic E-state index is 13.1. The number of pyridine rings is 1. The number of para-hydroxylation sites is 2. The van der Waals surface area contributed by atoms with Gasteiger partial charge >= 0.3 is 0 Å². The van der Waals surface area contributed by atoms with Crippen LogP contribution >= 0.6 is 0 Å². The monoisotopic (exact) mass is 357 g/mol. The number of aromatic amines is 1. The molecule has 4 aromatic rings. The Morgan fingerprint density at radius 2 is 1.81 bits per heavy atom. The summed E-state index contributed by atoms with van der Waals surface area (Å²) in [5, 5.41) is 12.5. The van der Waals surface area contributed by atoms with Gasteiger partial charge in [-0.15, -0.1) is 0 Å². The zero-order valence-corrected chi connectivity index (χ0v) is 14.4. The second-order valence-corrected chi connectivity index (χ2v) is 6.09. The van der Waals surface area contributed by atoms with Crippen LogP contribution in [0.5, 0.6) is 0 Å². The molecule has 0 aliphatic heterocycles. The summed E-state index contributed by atoms with van der Waals surface area (Å²) in [6, 6.07) is 19.6. The van der Waals surface area contributed by atoms with Gasteiger partial charge in [-0.2, -0.15) is 5.26 Å². The Morgan fingerprint density at radius 1 is 1.00 bits per heavy atom. The molecule has 0 amide bonds. The maximum absolute atomic E-state index is 13.1. The molecule has 132 valence electrons. The normalized spacial score (nSPS) is 10.7. The molecule has 0 aliphatic carbocycles. The van der Waals surface area contributed by atoms with E-state index < -0.39 is 0 Å². The molecule has 0 aliphatic rings. The van der Waals surface area contributed by atoms with Crippen LogP contribution in [0.25, 0.3) is 22.3 Å². The first kappa shape index (κ1) is 16.7. The number of anilines is 1. The van der Waals surface area contributed by atoms with Gasteiger partial charge in [0.25, 0.3) is 0 Å². The number of nitrogens with zero attached hydrogens (tertiary/aromatic N) is 3. The van der Waals surface area contributed by atoms with Gasteiger partial charge in [0.05, 0.1) is 22.3 Å². The zero-order valence-electron chi connectivity index (χ0n) is 14.4. The predicted octanol–water partition coefficient (Wildman–Crippen LogP) is 4.29. The van der Waals surface area contributed by atoms with Crippen molar-refractivity contribution in [2.24, 2.45) is 0 Å². The predicted molar refractivity (Wildman–Crippen MR) is 103 cm³/mol. The Kier molecular flexibility index (Phi) is 4.50. The lowest BCUT2D eigenvalue weighted by Crippen LogP contribution is -2.09.